The first kappa shape index (κ1) is 12.4. The summed E-state index contributed by atoms with van der Waals surface area (Å²) in [4.78, 5) is 12.7. The van der Waals surface area contributed by atoms with Crippen molar-refractivity contribution in [2.45, 2.75) is 0 Å². The van der Waals surface area contributed by atoms with Crippen LogP contribution in [-0.2, 0) is 0 Å². The molecule has 6 heteroatoms. The topological polar surface area (TPSA) is 76.7 Å². The molecule has 0 fully saturated rings. The third kappa shape index (κ3) is 2.28. The van der Waals surface area contributed by atoms with Crippen LogP contribution in [0.2, 0.25) is 0 Å². The molecule has 0 saturated carbocycles. The Labute approximate surface area is 120 Å². The van der Waals surface area contributed by atoms with Crippen LogP contribution in [-0.4, -0.2) is 19.9 Å². The first-order valence-electron chi connectivity index (χ1n) is 5.96. The van der Waals surface area contributed by atoms with E-state index < -0.39 is 0 Å². The van der Waals surface area contributed by atoms with E-state index in [1.807, 2.05) is 30.5 Å². The van der Waals surface area contributed by atoms with Crippen LogP contribution in [0, 0.1) is 0 Å². The van der Waals surface area contributed by atoms with Gasteiger partial charge in [0.25, 0.3) is 0 Å². The van der Waals surface area contributed by atoms with Crippen molar-refractivity contribution in [2.75, 3.05) is 5.32 Å². The van der Waals surface area contributed by atoms with E-state index in [1.54, 1.807) is 18.6 Å². The highest BCUT2D eigenvalue weighted by Crippen LogP contribution is 2.25. The third-order valence-electron chi connectivity index (χ3n) is 2.87. The highest BCUT2D eigenvalue weighted by atomic mass is 32.1. The Morgan fingerprint density at radius 3 is 2.80 bits per heavy atom. The minimum Gasteiger partial charge on any atom is -0.388 e. The van der Waals surface area contributed by atoms with E-state index in [9.17, 15) is 0 Å². The van der Waals surface area contributed by atoms with E-state index in [2.05, 4.69) is 20.3 Å². The molecule has 0 aliphatic heterocycles. The summed E-state index contributed by atoms with van der Waals surface area (Å²) in [6.07, 6.45) is 6.72. The number of nitrogens with two attached hydrogens (primary N) is 1. The van der Waals surface area contributed by atoms with E-state index >= 15 is 0 Å². The molecule has 0 amide bonds. The minimum atomic E-state index is 0.211. The summed E-state index contributed by atoms with van der Waals surface area (Å²) < 4.78 is 0. The molecule has 3 N–H and O–H groups in total. The zero-order valence-electron chi connectivity index (χ0n) is 10.4. The summed E-state index contributed by atoms with van der Waals surface area (Å²) in [6, 6.07) is 7.84. The average Bonchev–Trinajstić information content (AvgIpc) is 2.48. The van der Waals surface area contributed by atoms with Crippen LogP contribution < -0.4 is 11.1 Å². The van der Waals surface area contributed by atoms with Gasteiger partial charge in [-0.25, -0.2) is 9.97 Å². The number of thiocarbonyl (C=S) groups is 1. The minimum absolute atomic E-state index is 0.211. The summed E-state index contributed by atoms with van der Waals surface area (Å²) >= 11 is 4.99. The van der Waals surface area contributed by atoms with Crippen molar-refractivity contribution in [1.29, 1.82) is 0 Å². The molecule has 0 saturated heterocycles. The quantitative estimate of drug-likeness (QED) is 0.718. The van der Waals surface area contributed by atoms with E-state index in [1.165, 1.54) is 0 Å². The number of benzene rings is 1. The molecule has 0 bridgehead atoms. The zero-order valence-corrected chi connectivity index (χ0v) is 11.3. The van der Waals surface area contributed by atoms with Gasteiger partial charge in [0.2, 0.25) is 0 Å². The lowest BCUT2D eigenvalue weighted by Gasteiger charge is -2.11. The Kier molecular flexibility index (Phi) is 3.22. The molecule has 0 spiro atoms. The van der Waals surface area contributed by atoms with Crippen molar-refractivity contribution in [1.82, 2.24) is 15.0 Å². The number of fused-ring (bicyclic) bond motifs is 1. The van der Waals surface area contributed by atoms with Gasteiger partial charge in [-0.05, 0) is 12.1 Å². The first-order valence-corrected chi connectivity index (χ1v) is 6.37. The van der Waals surface area contributed by atoms with Gasteiger partial charge in [0, 0.05) is 41.2 Å². The standard InChI is InChI=1S/C14H11N5S/c15-13(20)12-14(18-7-6-17-12)19-11-3-1-2-9-8-16-5-4-10(9)11/h1-8H,(H2,15,20)(H,18,19). The number of nitrogens with one attached hydrogen (secondary N) is 1. The van der Waals surface area contributed by atoms with Gasteiger partial charge in [-0.15, -0.1) is 0 Å². The van der Waals surface area contributed by atoms with Crippen LogP contribution in [0.3, 0.4) is 0 Å². The number of anilines is 2. The number of hydrogen-bond donors (Lipinski definition) is 2. The molecule has 1 aromatic carbocycles. The van der Waals surface area contributed by atoms with Gasteiger partial charge in [-0.3, -0.25) is 4.98 Å². The summed E-state index contributed by atoms with van der Waals surface area (Å²) in [5.41, 5.74) is 7.05. The maximum absolute atomic E-state index is 5.66. The maximum Gasteiger partial charge on any atom is 0.159 e. The van der Waals surface area contributed by atoms with Gasteiger partial charge in [0.05, 0.1) is 0 Å². The van der Waals surface area contributed by atoms with Crippen molar-refractivity contribution >= 4 is 39.5 Å². The molecule has 0 atom stereocenters. The lowest BCUT2D eigenvalue weighted by molar-refractivity contribution is 1.18. The average molecular weight is 281 g/mol. The lowest BCUT2D eigenvalue weighted by atomic mass is 10.1. The normalized spacial score (nSPS) is 10.4. The predicted molar refractivity (Wildman–Crippen MR) is 82.9 cm³/mol. The molecule has 2 heterocycles. The highest BCUT2D eigenvalue weighted by molar-refractivity contribution is 7.80. The van der Waals surface area contributed by atoms with Gasteiger partial charge in [-0.2, -0.15) is 0 Å². The van der Waals surface area contributed by atoms with Crippen LogP contribution in [0.5, 0.6) is 0 Å². The van der Waals surface area contributed by atoms with E-state index in [0.717, 1.165) is 16.5 Å². The molecular formula is C14H11N5S. The van der Waals surface area contributed by atoms with E-state index in [4.69, 9.17) is 18.0 Å². The Morgan fingerprint density at radius 2 is 1.95 bits per heavy atom. The van der Waals surface area contributed by atoms with E-state index in [0.29, 0.717) is 11.5 Å². The first-order chi connectivity index (χ1) is 9.75. The molecule has 3 rings (SSSR count). The fraction of sp³-hybridized carbons (Fsp3) is 0. The van der Waals surface area contributed by atoms with Gasteiger partial charge < -0.3 is 11.1 Å². The van der Waals surface area contributed by atoms with Crippen molar-refractivity contribution in [3.63, 3.8) is 0 Å². The molecule has 0 unspecified atom stereocenters. The Morgan fingerprint density at radius 1 is 1.10 bits per heavy atom. The summed E-state index contributed by atoms with van der Waals surface area (Å²) in [6.45, 7) is 0. The van der Waals surface area contributed by atoms with Gasteiger partial charge in [-0.1, -0.05) is 24.4 Å². The number of pyridine rings is 1. The second-order valence-corrected chi connectivity index (χ2v) is 4.59. The fourth-order valence-corrected chi connectivity index (χ4v) is 2.12. The van der Waals surface area contributed by atoms with Crippen molar-refractivity contribution in [3.8, 4) is 0 Å². The second kappa shape index (κ2) is 5.18. The van der Waals surface area contributed by atoms with Crippen molar-refractivity contribution in [2.24, 2.45) is 5.73 Å². The van der Waals surface area contributed by atoms with Gasteiger partial charge in [0.1, 0.15) is 10.7 Å². The lowest BCUT2D eigenvalue weighted by Crippen LogP contribution is -2.15. The number of nitrogens with zero attached hydrogens (tertiary/aromatic N) is 3. The Hall–Kier alpha value is -2.60. The molecule has 0 radical (unpaired) electrons. The van der Waals surface area contributed by atoms with E-state index in [-0.39, 0.29) is 4.99 Å². The SMILES string of the molecule is NC(=S)c1nccnc1Nc1cccc2cnccc12. The fourth-order valence-electron chi connectivity index (χ4n) is 1.97. The Bertz CT molecular complexity index is 782. The summed E-state index contributed by atoms with van der Waals surface area (Å²) in [7, 11) is 0. The molecular weight excluding hydrogens is 270 g/mol. The van der Waals surface area contributed by atoms with Crippen molar-refractivity contribution in [3.05, 3.63) is 54.7 Å². The smallest absolute Gasteiger partial charge is 0.159 e. The van der Waals surface area contributed by atoms with Crippen LogP contribution in [0.4, 0.5) is 11.5 Å². The van der Waals surface area contributed by atoms with Crippen LogP contribution >= 0.6 is 12.2 Å². The number of rotatable bonds is 3. The summed E-state index contributed by atoms with van der Waals surface area (Å²) in [5.74, 6) is 0.546. The second-order valence-electron chi connectivity index (χ2n) is 4.15. The van der Waals surface area contributed by atoms with Crippen molar-refractivity contribution < 1.29 is 0 Å². The molecule has 2 aromatic heterocycles. The van der Waals surface area contributed by atoms with Gasteiger partial charge in [0.15, 0.2) is 5.82 Å². The molecule has 20 heavy (non-hydrogen) atoms. The molecule has 98 valence electrons. The van der Waals surface area contributed by atoms with Crippen LogP contribution in [0.1, 0.15) is 5.69 Å². The zero-order chi connectivity index (χ0) is 13.9. The van der Waals surface area contributed by atoms with Gasteiger partial charge >= 0.3 is 0 Å². The van der Waals surface area contributed by atoms with Crippen LogP contribution in [0.15, 0.2) is 49.1 Å². The predicted octanol–water partition coefficient (Wildman–Crippen LogP) is 2.40. The van der Waals surface area contributed by atoms with Crippen LogP contribution in [0.25, 0.3) is 10.8 Å². The molecule has 0 aliphatic carbocycles. The molecule has 0 aliphatic rings. The largest absolute Gasteiger partial charge is 0.388 e. The monoisotopic (exact) mass is 281 g/mol. The number of hydrogen-bond acceptors (Lipinski definition) is 5. The number of aromatic nitrogens is 3. The maximum atomic E-state index is 5.66. The summed E-state index contributed by atoms with van der Waals surface area (Å²) in [5, 5.41) is 5.31. The molecule has 3 aromatic rings. The molecule has 5 nitrogen and oxygen atoms in total. The Balaban J connectivity index is 2.08. The third-order valence-corrected chi connectivity index (χ3v) is 3.06. The highest BCUT2D eigenvalue weighted by Gasteiger charge is 2.09.